The summed E-state index contributed by atoms with van der Waals surface area (Å²) in [5, 5.41) is 12.1. The van der Waals surface area contributed by atoms with Crippen molar-refractivity contribution in [1.82, 2.24) is 9.97 Å². The topological polar surface area (TPSA) is 70.5 Å². The first kappa shape index (κ1) is 17.6. The number of nitrogens with zero attached hydrogens (tertiary/aromatic N) is 3. The summed E-state index contributed by atoms with van der Waals surface area (Å²) in [4.78, 5) is 11.1. The fourth-order valence-electron chi connectivity index (χ4n) is 2.82. The third kappa shape index (κ3) is 4.64. The molecule has 1 saturated heterocycles. The Bertz CT molecular complexity index is 690. The van der Waals surface area contributed by atoms with Crippen LogP contribution in [0.15, 0.2) is 30.3 Å². The highest BCUT2D eigenvalue weighted by Gasteiger charge is 2.21. The predicted molar refractivity (Wildman–Crippen MR) is 94.3 cm³/mol. The molecule has 0 amide bonds. The Morgan fingerprint density at radius 1 is 1.32 bits per heavy atom. The summed E-state index contributed by atoms with van der Waals surface area (Å²) >= 11 is 0. The molecule has 3 rings (SSSR count). The molecular weight excluding hydrogens is 323 g/mol. The fraction of sp³-hybridized carbons (Fsp3) is 0.444. The van der Waals surface area contributed by atoms with Gasteiger partial charge in [0, 0.05) is 38.7 Å². The maximum absolute atomic E-state index is 13.1. The molecule has 2 N–H and O–H groups in total. The fourth-order valence-corrected chi connectivity index (χ4v) is 2.82. The predicted octanol–water partition coefficient (Wildman–Crippen LogP) is 2.16. The maximum atomic E-state index is 13.1. The summed E-state index contributed by atoms with van der Waals surface area (Å²) < 4.78 is 18.5. The zero-order valence-corrected chi connectivity index (χ0v) is 14.3. The third-order valence-corrected chi connectivity index (χ3v) is 4.20. The van der Waals surface area contributed by atoms with Crippen LogP contribution in [0.2, 0.25) is 0 Å². The number of aliphatic hydroxyl groups is 1. The van der Waals surface area contributed by atoms with E-state index in [1.165, 1.54) is 12.1 Å². The smallest absolute Gasteiger partial charge is 0.224 e. The van der Waals surface area contributed by atoms with Crippen molar-refractivity contribution in [3.8, 4) is 0 Å². The number of nitrogens with one attached hydrogen (secondary N) is 1. The second kappa shape index (κ2) is 8.22. The molecule has 2 heterocycles. The number of rotatable bonds is 7. The van der Waals surface area contributed by atoms with Gasteiger partial charge in [0.2, 0.25) is 5.95 Å². The first-order chi connectivity index (χ1) is 12.2. The van der Waals surface area contributed by atoms with Crippen LogP contribution < -0.4 is 10.2 Å². The zero-order chi connectivity index (χ0) is 17.6. The van der Waals surface area contributed by atoms with Gasteiger partial charge in [0.05, 0.1) is 18.9 Å². The van der Waals surface area contributed by atoms with Crippen molar-refractivity contribution in [2.75, 3.05) is 43.6 Å². The molecule has 0 radical (unpaired) electrons. The van der Waals surface area contributed by atoms with E-state index in [2.05, 4.69) is 15.3 Å². The van der Waals surface area contributed by atoms with Gasteiger partial charge in [-0.2, -0.15) is 4.98 Å². The van der Waals surface area contributed by atoms with E-state index < -0.39 is 0 Å². The second-order valence-electron chi connectivity index (χ2n) is 6.17. The molecular formula is C18H23FN4O2. The van der Waals surface area contributed by atoms with Crippen LogP contribution in [0, 0.1) is 5.82 Å². The average molecular weight is 346 g/mol. The molecule has 1 aliphatic rings. The van der Waals surface area contributed by atoms with Gasteiger partial charge in [-0.25, -0.2) is 9.37 Å². The van der Waals surface area contributed by atoms with E-state index >= 15 is 0 Å². The van der Waals surface area contributed by atoms with Gasteiger partial charge in [0.15, 0.2) is 0 Å². The number of hydrogen-bond acceptors (Lipinski definition) is 6. The lowest BCUT2D eigenvalue weighted by molar-refractivity contribution is 0.193. The maximum Gasteiger partial charge on any atom is 0.224 e. The Kier molecular flexibility index (Phi) is 5.78. The van der Waals surface area contributed by atoms with Gasteiger partial charge in [0.1, 0.15) is 11.6 Å². The first-order valence-electron chi connectivity index (χ1n) is 8.43. The molecule has 1 aliphatic heterocycles. The summed E-state index contributed by atoms with van der Waals surface area (Å²) in [5.74, 6) is 1.30. The van der Waals surface area contributed by atoms with Crippen LogP contribution in [0.1, 0.15) is 23.6 Å². The number of ether oxygens (including phenoxy) is 1. The van der Waals surface area contributed by atoms with Gasteiger partial charge in [-0.3, -0.25) is 0 Å². The number of hydrogen-bond donors (Lipinski definition) is 2. The van der Waals surface area contributed by atoms with Crippen molar-refractivity contribution >= 4 is 11.8 Å². The lowest BCUT2D eigenvalue weighted by atomic mass is 10.0. The Hall–Kier alpha value is -2.25. The average Bonchev–Trinajstić information content (AvgIpc) is 3.16. The van der Waals surface area contributed by atoms with Crippen molar-refractivity contribution < 1.29 is 14.2 Å². The van der Waals surface area contributed by atoms with E-state index in [9.17, 15) is 4.39 Å². The number of aromatic nitrogens is 2. The summed E-state index contributed by atoms with van der Waals surface area (Å²) in [7, 11) is 1.94. The minimum atomic E-state index is -0.243. The highest BCUT2D eigenvalue weighted by atomic mass is 19.1. The normalized spacial score (nSPS) is 16.8. The van der Waals surface area contributed by atoms with Crippen LogP contribution in [0.25, 0.3) is 0 Å². The van der Waals surface area contributed by atoms with Gasteiger partial charge in [-0.15, -0.1) is 0 Å². The van der Waals surface area contributed by atoms with Crippen molar-refractivity contribution in [3.63, 3.8) is 0 Å². The van der Waals surface area contributed by atoms with E-state index in [0.717, 1.165) is 30.1 Å². The Labute approximate surface area is 146 Å². The minimum Gasteiger partial charge on any atom is -0.395 e. The lowest BCUT2D eigenvalue weighted by Gasteiger charge is -2.21. The van der Waals surface area contributed by atoms with E-state index in [1.54, 1.807) is 12.1 Å². The summed E-state index contributed by atoms with van der Waals surface area (Å²) in [6.07, 6.45) is 0.942. The monoisotopic (exact) mass is 346 g/mol. The molecule has 134 valence electrons. The zero-order valence-electron chi connectivity index (χ0n) is 14.3. The van der Waals surface area contributed by atoms with Gasteiger partial charge in [-0.05, 0) is 24.1 Å². The SMILES string of the molecule is CN(Cc1ccc(F)cc1)c1cc([C@H]2CCOC2)nc(NCCO)n1. The summed E-state index contributed by atoms with van der Waals surface area (Å²) in [5.41, 5.74) is 1.94. The van der Waals surface area contributed by atoms with Crippen LogP contribution >= 0.6 is 0 Å². The van der Waals surface area contributed by atoms with Crippen molar-refractivity contribution in [2.24, 2.45) is 0 Å². The van der Waals surface area contributed by atoms with Gasteiger partial charge < -0.3 is 20.1 Å². The van der Waals surface area contributed by atoms with Crippen molar-refractivity contribution in [3.05, 3.63) is 47.4 Å². The molecule has 0 saturated carbocycles. The molecule has 2 aromatic rings. The lowest BCUT2D eigenvalue weighted by Crippen LogP contribution is -2.20. The molecule has 1 fully saturated rings. The van der Waals surface area contributed by atoms with Crippen LogP contribution in [-0.2, 0) is 11.3 Å². The van der Waals surface area contributed by atoms with Crippen LogP contribution in [0.4, 0.5) is 16.2 Å². The molecule has 25 heavy (non-hydrogen) atoms. The van der Waals surface area contributed by atoms with Crippen LogP contribution in [-0.4, -0.2) is 48.5 Å². The summed E-state index contributed by atoms with van der Waals surface area (Å²) in [6.45, 7) is 2.43. The van der Waals surface area contributed by atoms with Crippen LogP contribution in [0.5, 0.6) is 0 Å². The molecule has 0 unspecified atom stereocenters. The van der Waals surface area contributed by atoms with Gasteiger partial charge in [0.25, 0.3) is 0 Å². The molecule has 0 bridgehead atoms. The Morgan fingerprint density at radius 2 is 2.12 bits per heavy atom. The molecule has 7 heteroatoms. The van der Waals surface area contributed by atoms with Gasteiger partial charge >= 0.3 is 0 Å². The number of aliphatic hydroxyl groups excluding tert-OH is 1. The Morgan fingerprint density at radius 3 is 2.80 bits per heavy atom. The van der Waals surface area contributed by atoms with Gasteiger partial charge in [-0.1, -0.05) is 12.1 Å². The molecule has 1 aromatic heterocycles. The molecule has 1 atom stereocenters. The van der Waals surface area contributed by atoms with E-state index in [4.69, 9.17) is 9.84 Å². The minimum absolute atomic E-state index is 0.0148. The highest BCUT2D eigenvalue weighted by molar-refractivity contribution is 5.46. The number of halogens is 1. The van der Waals surface area contributed by atoms with E-state index in [-0.39, 0.29) is 18.3 Å². The van der Waals surface area contributed by atoms with Crippen LogP contribution in [0.3, 0.4) is 0 Å². The molecule has 6 nitrogen and oxygen atoms in total. The summed E-state index contributed by atoms with van der Waals surface area (Å²) in [6, 6.07) is 8.43. The van der Waals surface area contributed by atoms with Crippen molar-refractivity contribution in [2.45, 2.75) is 18.9 Å². The largest absolute Gasteiger partial charge is 0.395 e. The van der Waals surface area contributed by atoms with Crippen molar-refractivity contribution in [1.29, 1.82) is 0 Å². The number of anilines is 2. The quantitative estimate of drug-likeness (QED) is 0.801. The third-order valence-electron chi connectivity index (χ3n) is 4.20. The Balaban J connectivity index is 1.81. The standard InChI is InChI=1S/C18H23FN4O2/c1-23(11-13-2-4-15(19)5-3-13)17-10-16(14-6-9-25-12-14)21-18(22-17)20-7-8-24/h2-5,10,14,24H,6-9,11-12H2,1H3,(H,20,21,22)/t14-/m0/s1. The molecule has 1 aromatic carbocycles. The number of benzene rings is 1. The molecule has 0 aliphatic carbocycles. The molecule has 0 spiro atoms. The highest BCUT2D eigenvalue weighted by Crippen LogP contribution is 2.27. The van der Waals surface area contributed by atoms with E-state index in [0.29, 0.717) is 25.6 Å². The first-order valence-corrected chi connectivity index (χ1v) is 8.43. The second-order valence-corrected chi connectivity index (χ2v) is 6.17. The van der Waals surface area contributed by atoms with E-state index in [1.807, 2.05) is 18.0 Å².